The first-order valence-corrected chi connectivity index (χ1v) is 7.39. The molecule has 0 aliphatic rings. The summed E-state index contributed by atoms with van der Waals surface area (Å²) in [5, 5.41) is 5.68. The van der Waals surface area contributed by atoms with Crippen LogP contribution in [0.1, 0.15) is 32.8 Å². The van der Waals surface area contributed by atoms with Crippen LogP contribution in [-0.2, 0) is 5.41 Å². The number of alkyl halides is 3. The van der Waals surface area contributed by atoms with E-state index in [2.05, 4.69) is 29.5 Å². The molecule has 0 bridgehead atoms. The van der Waals surface area contributed by atoms with Crippen molar-refractivity contribution in [2.24, 2.45) is 4.99 Å². The summed E-state index contributed by atoms with van der Waals surface area (Å²) in [6, 6.07) is 9.94. The zero-order valence-corrected chi connectivity index (χ0v) is 13.3. The minimum absolute atomic E-state index is 0.179. The van der Waals surface area contributed by atoms with Crippen molar-refractivity contribution in [2.75, 3.05) is 19.6 Å². The fourth-order valence-corrected chi connectivity index (χ4v) is 1.92. The van der Waals surface area contributed by atoms with Crippen LogP contribution < -0.4 is 10.6 Å². The maximum absolute atomic E-state index is 12.2. The van der Waals surface area contributed by atoms with Gasteiger partial charge in [-0.05, 0) is 12.5 Å². The Morgan fingerprint density at radius 3 is 2.27 bits per heavy atom. The molecule has 1 aromatic rings. The second kappa shape index (κ2) is 8.06. The second-order valence-corrected chi connectivity index (χ2v) is 5.74. The number of nitrogens with one attached hydrogen (secondary N) is 2. The molecule has 0 aromatic heterocycles. The van der Waals surface area contributed by atoms with Crippen molar-refractivity contribution >= 4 is 5.96 Å². The molecule has 0 spiro atoms. The average molecular weight is 315 g/mol. The standard InChI is InChI=1S/C16H24F3N3/c1-4-20-14(21-11-10-16(17,18)19)22-12-15(2,3)13-8-6-5-7-9-13/h5-9H,4,10-12H2,1-3H3,(H2,20,21,22). The molecule has 124 valence electrons. The molecular formula is C16H24F3N3. The van der Waals surface area contributed by atoms with Crippen LogP contribution in [0.3, 0.4) is 0 Å². The summed E-state index contributed by atoms with van der Waals surface area (Å²) in [7, 11) is 0. The quantitative estimate of drug-likeness (QED) is 0.623. The lowest BCUT2D eigenvalue weighted by molar-refractivity contribution is -0.132. The molecule has 0 amide bonds. The molecule has 0 aliphatic carbocycles. The van der Waals surface area contributed by atoms with E-state index in [0.29, 0.717) is 19.0 Å². The highest BCUT2D eigenvalue weighted by atomic mass is 19.4. The van der Waals surface area contributed by atoms with Gasteiger partial charge in [-0.2, -0.15) is 13.2 Å². The third kappa shape index (κ3) is 6.83. The van der Waals surface area contributed by atoms with E-state index >= 15 is 0 Å². The Kier molecular flexibility index (Phi) is 6.71. The van der Waals surface area contributed by atoms with Crippen molar-refractivity contribution < 1.29 is 13.2 Å². The summed E-state index contributed by atoms with van der Waals surface area (Å²) in [5.41, 5.74) is 0.957. The van der Waals surface area contributed by atoms with Gasteiger partial charge in [0.25, 0.3) is 0 Å². The Labute approximate surface area is 130 Å². The molecule has 0 unspecified atom stereocenters. The summed E-state index contributed by atoms with van der Waals surface area (Å²) in [5.74, 6) is 0.413. The molecule has 0 heterocycles. The van der Waals surface area contributed by atoms with Gasteiger partial charge in [0.1, 0.15) is 0 Å². The van der Waals surface area contributed by atoms with Crippen LogP contribution in [0.4, 0.5) is 13.2 Å². The van der Waals surface area contributed by atoms with Gasteiger partial charge in [0.05, 0.1) is 13.0 Å². The van der Waals surface area contributed by atoms with E-state index in [1.807, 2.05) is 37.3 Å². The monoisotopic (exact) mass is 315 g/mol. The summed E-state index contributed by atoms with van der Waals surface area (Å²) >= 11 is 0. The predicted molar refractivity (Wildman–Crippen MR) is 84.1 cm³/mol. The number of hydrogen-bond donors (Lipinski definition) is 2. The topological polar surface area (TPSA) is 36.4 Å². The Morgan fingerprint density at radius 2 is 1.73 bits per heavy atom. The SMILES string of the molecule is CCNC(=NCC(C)(C)c1ccccc1)NCCC(F)(F)F. The molecule has 6 heteroatoms. The maximum Gasteiger partial charge on any atom is 0.390 e. The van der Waals surface area contributed by atoms with Gasteiger partial charge in [-0.25, -0.2) is 0 Å². The normalized spacial score (nSPS) is 13.1. The van der Waals surface area contributed by atoms with Crippen molar-refractivity contribution in [1.29, 1.82) is 0 Å². The predicted octanol–water partition coefficient (Wildman–Crippen LogP) is 3.47. The van der Waals surface area contributed by atoms with Crippen molar-refractivity contribution in [3.8, 4) is 0 Å². The van der Waals surface area contributed by atoms with Crippen molar-refractivity contribution in [2.45, 2.75) is 38.8 Å². The number of aliphatic imine (C=N–C) groups is 1. The molecule has 0 saturated heterocycles. The number of guanidine groups is 1. The highest BCUT2D eigenvalue weighted by molar-refractivity contribution is 5.79. The second-order valence-electron chi connectivity index (χ2n) is 5.74. The zero-order valence-electron chi connectivity index (χ0n) is 13.3. The molecule has 3 nitrogen and oxygen atoms in total. The molecular weight excluding hydrogens is 291 g/mol. The van der Waals surface area contributed by atoms with Gasteiger partial charge in [-0.3, -0.25) is 4.99 Å². The molecule has 0 radical (unpaired) electrons. The minimum atomic E-state index is -4.16. The number of benzene rings is 1. The number of nitrogens with zero attached hydrogens (tertiary/aromatic N) is 1. The van der Waals surface area contributed by atoms with E-state index in [0.717, 1.165) is 5.56 Å². The highest BCUT2D eigenvalue weighted by Crippen LogP contribution is 2.23. The van der Waals surface area contributed by atoms with Crippen LogP contribution in [0.2, 0.25) is 0 Å². The molecule has 0 atom stereocenters. The summed E-state index contributed by atoms with van der Waals surface area (Å²) in [4.78, 5) is 4.41. The van der Waals surface area contributed by atoms with E-state index < -0.39 is 12.6 Å². The van der Waals surface area contributed by atoms with Crippen LogP contribution in [0.5, 0.6) is 0 Å². The van der Waals surface area contributed by atoms with E-state index in [9.17, 15) is 13.2 Å². The largest absolute Gasteiger partial charge is 0.390 e. The van der Waals surface area contributed by atoms with Crippen molar-refractivity contribution in [1.82, 2.24) is 10.6 Å². The van der Waals surface area contributed by atoms with Crippen LogP contribution in [0, 0.1) is 0 Å². The molecule has 1 aromatic carbocycles. The Hall–Kier alpha value is -1.72. The highest BCUT2D eigenvalue weighted by Gasteiger charge is 2.26. The van der Waals surface area contributed by atoms with E-state index in [1.165, 1.54) is 0 Å². The summed E-state index contributed by atoms with van der Waals surface area (Å²) < 4.78 is 36.6. The lowest BCUT2D eigenvalue weighted by atomic mass is 9.85. The number of rotatable bonds is 6. The molecule has 1 rings (SSSR count). The molecule has 2 N–H and O–H groups in total. The zero-order chi connectivity index (χ0) is 16.6. The van der Waals surface area contributed by atoms with Gasteiger partial charge >= 0.3 is 6.18 Å². The first kappa shape index (κ1) is 18.3. The third-order valence-electron chi connectivity index (χ3n) is 3.23. The maximum atomic E-state index is 12.2. The minimum Gasteiger partial charge on any atom is -0.357 e. The number of halogens is 3. The summed E-state index contributed by atoms with van der Waals surface area (Å²) in [6.07, 6.45) is -5.03. The molecule has 0 aliphatic heterocycles. The van der Waals surface area contributed by atoms with E-state index in [4.69, 9.17) is 0 Å². The Morgan fingerprint density at radius 1 is 1.09 bits per heavy atom. The van der Waals surface area contributed by atoms with Crippen LogP contribution in [0.25, 0.3) is 0 Å². The van der Waals surface area contributed by atoms with Crippen molar-refractivity contribution in [3.63, 3.8) is 0 Å². The fraction of sp³-hybridized carbons (Fsp3) is 0.562. The van der Waals surface area contributed by atoms with Crippen LogP contribution >= 0.6 is 0 Å². The van der Waals surface area contributed by atoms with Gasteiger partial charge in [-0.1, -0.05) is 44.2 Å². The summed E-state index contributed by atoms with van der Waals surface area (Å²) in [6.45, 7) is 6.91. The van der Waals surface area contributed by atoms with Crippen LogP contribution in [-0.4, -0.2) is 31.8 Å². The Bertz CT molecular complexity index is 467. The van der Waals surface area contributed by atoms with Gasteiger partial charge < -0.3 is 10.6 Å². The first-order valence-electron chi connectivity index (χ1n) is 7.39. The number of hydrogen-bond acceptors (Lipinski definition) is 1. The lowest BCUT2D eigenvalue weighted by Crippen LogP contribution is -2.40. The first-order chi connectivity index (χ1) is 10.2. The molecule has 0 fully saturated rings. The fourth-order valence-electron chi connectivity index (χ4n) is 1.92. The molecule has 0 saturated carbocycles. The van der Waals surface area contributed by atoms with Gasteiger partial charge in [0.2, 0.25) is 0 Å². The van der Waals surface area contributed by atoms with Crippen molar-refractivity contribution in [3.05, 3.63) is 35.9 Å². The van der Waals surface area contributed by atoms with E-state index in [1.54, 1.807) is 0 Å². The van der Waals surface area contributed by atoms with Gasteiger partial charge in [-0.15, -0.1) is 0 Å². The lowest BCUT2D eigenvalue weighted by Gasteiger charge is -2.24. The third-order valence-corrected chi connectivity index (χ3v) is 3.23. The average Bonchev–Trinajstić information content (AvgIpc) is 2.44. The smallest absolute Gasteiger partial charge is 0.357 e. The van der Waals surface area contributed by atoms with E-state index in [-0.39, 0.29) is 12.0 Å². The van der Waals surface area contributed by atoms with Gasteiger partial charge in [0, 0.05) is 18.5 Å². The van der Waals surface area contributed by atoms with Crippen LogP contribution in [0.15, 0.2) is 35.3 Å². The Balaban J connectivity index is 2.65. The molecule has 22 heavy (non-hydrogen) atoms. The van der Waals surface area contributed by atoms with Gasteiger partial charge in [0.15, 0.2) is 5.96 Å².